The maximum absolute atomic E-state index is 12.8. The summed E-state index contributed by atoms with van der Waals surface area (Å²) < 4.78 is 5.29. The minimum atomic E-state index is -0.374. The van der Waals surface area contributed by atoms with Crippen molar-refractivity contribution in [3.63, 3.8) is 0 Å². The van der Waals surface area contributed by atoms with Gasteiger partial charge in [0.05, 0.1) is 6.42 Å². The average molecular weight is 331 g/mol. The number of anilines is 1. The molecule has 2 heterocycles. The van der Waals surface area contributed by atoms with E-state index in [1.165, 1.54) is 6.07 Å². The van der Waals surface area contributed by atoms with Crippen LogP contribution in [0.4, 0.5) is 5.69 Å². The molecule has 1 aromatic heterocycles. The van der Waals surface area contributed by atoms with Crippen molar-refractivity contribution in [3.8, 4) is 0 Å². The highest BCUT2D eigenvalue weighted by molar-refractivity contribution is 5.99. The second-order valence-corrected chi connectivity index (χ2v) is 6.16. The van der Waals surface area contributed by atoms with Crippen LogP contribution in [-0.4, -0.2) is 13.0 Å². The van der Waals surface area contributed by atoms with Crippen molar-refractivity contribution in [1.82, 2.24) is 0 Å². The van der Waals surface area contributed by atoms with E-state index in [2.05, 4.69) is 12.2 Å². The van der Waals surface area contributed by atoms with E-state index in [0.717, 1.165) is 27.8 Å². The van der Waals surface area contributed by atoms with E-state index in [9.17, 15) is 9.59 Å². The van der Waals surface area contributed by atoms with Gasteiger partial charge in [-0.1, -0.05) is 36.4 Å². The van der Waals surface area contributed by atoms with Crippen molar-refractivity contribution in [3.05, 3.63) is 81.7 Å². The van der Waals surface area contributed by atoms with Crippen LogP contribution in [0.25, 0.3) is 17.0 Å². The second kappa shape index (κ2) is 6.06. The van der Waals surface area contributed by atoms with Crippen LogP contribution < -0.4 is 10.5 Å². The van der Waals surface area contributed by atoms with Gasteiger partial charge in [0.25, 0.3) is 0 Å². The molecule has 0 fully saturated rings. The lowest BCUT2D eigenvalue weighted by Crippen LogP contribution is -2.29. The highest BCUT2D eigenvalue weighted by atomic mass is 16.4. The number of carbonyl (C=O) groups is 1. The van der Waals surface area contributed by atoms with Crippen molar-refractivity contribution >= 4 is 28.6 Å². The number of hydrogen-bond acceptors (Lipinski definition) is 3. The lowest BCUT2D eigenvalue weighted by molar-refractivity contribution is -0.117. The molecule has 4 rings (SSSR count). The summed E-state index contributed by atoms with van der Waals surface area (Å²) in [7, 11) is 1.79. The molecule has 0 atom stereocenters. The summed E-state index contributed by atoms with van der Waals surface area (Å²) in [5, 5.41) is 0.857. The van der Waals surface area contributed by atoms with Crippen LogP contribution in [0.15, 0.2) is 63.8 Å². The van der Waals surface area contributed by atoms with Crippen LogP contribution in [0.5, 0.6) is 0 Å². The van der Waals surface area contributed by atoms with Gasteiger partial charge in [-0.2, -0.15) is 0 Å². The molecule has 1 aliphatic heterocycles. The number of benzene rings is 2. The Balaban J connectivity index is 1.93. The molecule has 1 amide bonds. The molecule has 2 aromatic carbocycles. The molecule has 0 N–H and O–H groups in total. The minimum absolute atomic E-state index is 0.0285. The van der Waals surface area contributed by atoms with Crippen LogP contribution in [0.3, 0.4) is 0 Å². The van der Waals surface area contributed by atoms with Gasteiger partial charge >= 0.3 is 5.63 Å². The topological polar surface area (TPSA) is 50.5 Å². The normalized spacial score (nSPS) is 15.6. The number of fused-ring (bicyclic) bond motifs is 4. The zero-order chi connectivity index (χ0) is 17.4. The van der Waals surface area contributed by atoms with Crippen molar-refractivity contribution < 1.29 is 9.21 Å². The molecule has 4 nitrogen and oxygen atoms in total. The number of allylic oxidation sites excluding steroid dienone is 1. The molecule has 0 spiro atoms. The highest BCUT2D eigenvalue weighted by Crippen LogP contribution is 2.30. The van der Waals surface area contributed by atoms with Crippen LogP contribution in [-0.2, 0) is 17.6 Å². The van der Waals surface area contributed by atoms with Gasteiger partial charge in [-0.3, -0.25) is 4.79 Å². The predicted octanol–water partition coefficient (Wildman–Crippen LogP) is 3.57. The smallest absolute Gasteiger partial charge is 0.336 e. The van der Waals surface area contributed by atoms with E-state index in [1.807, 2.05) is 30.3 Å². The first-order valence-electron chi connectivity index (χ1n) is 8.20. The number of carbonyl (C=O) groups excluding carboxylic acids is 1. The quantitative estimate of drug-likeness (QED) is 0.592. The lowest BCUT2D eigenvalue weighted by Gasteiger charge is -2.23. The number of likely N-dealkylation sites (N-methyl/N-ethyl adjacent to an activating group) is 1. The summed E-state index contributed by atoms with van der Waals surface area (Å²) >= 11 is 0. The van der Waals surface area contributed by atoms with Gasteiger partial charge in [0.1, 0.15) is 5.58 Å². The molecule has 0 bridgehead atoms. The van der Waals surface area contributed by atoms with Gasteiger partial charge in [-0.05, 0) is 41.3 Å². The van der Waals surface area contributed by atoms with Crippen LogP contribution in [0, 0.1) is 0 Å². The summed E-state index contributed by atoms with van der Waals surface area (Å²) in [5.41, 5.74) is 4.06. The number of amides is 1. The Bertz CT molecular complexity index is 1060. The molecule has 0 saturated heterocycles. The summed E-state index contributed by atoms with van der Waals surface area (Å²) in [6, 6.07) is 14.7. The van der Waals surface area contributed by atoms with Gasteiger partial charge in [-0.25, -0.2) is 4.79 Å². The molecule has 3 aromatic rings. The van der Waals surface area contributed by atoms with Crippen molar-refractivity contribution in [2.75, 3.05) is 11.9 Å². The molecular weight excluding hydrogens is 314 g/mol. The van der Waals surface area contributed by atoms with E-state index >= 15 is 0 Å². The lowest BCUT2D eigenvalue weighted by atomic mass is 9.98. The fourth-order valence-corrected chi connectivity index (χ4v) is 3.30. The Morgan fingerprint density at radius 1 is 1.00 bits per heavy atom. The maximum atomic E-state index is 12.8. The van der Waals surface area contributed by atoms with Gasteiger partial charge < -0.3 is 9.32 Å². The van der Waals surface area contributed by atoms with Gasteiger partial charge in [0.15, 0.2) is 0 Å². The third kappa shape index (κ3) is 2.76. The van der Waals surface area contributed by atoms with E-state index in [0.29, 0.717) is 18.4 Å². The zero-order valence-corrected chi connectivity index (χ0v) is 13.9. The molecule has 0 aliphatic carbocycles. The van der Waals surface area contributed by atoms with E-state index in [1.54, 1.807) is 24.1 Å². The summed E-state index contributed by atoms with van der Waals surface area (Å²) in [6.45, 7) is 0. The third-order valence-corrected chi connectivity index (χ3v) is 4.64. The Morgan fingerprint density at radius 3 is 2.72 bits per heavy atom. The van der Waals surface area contributed by atoms with E-state index < -0.39 is 0 Å². The van der Waals surface area contributed by atoms with Crippen molar-refractivity contribution in [1.29, 1.82) is 0 Å². The van der Waals surface area contributed by atoms with Gasteiger partial charge in [-0.15, -0.1) is 0 Å². The monoisotopic (exact) mass is 331 g/mol. The summed E-state index contributed by atoms with van der Waals surface area (Å²) in [6.07, 6.45) is 5.13. The first-order chi connectivity index (χ1) is 12.1. The van der Waals surface area contributed by atoms with Crippen LogP contribution >= 0.6 is 0 Å². The number of nitrogens with zero attached hydrogens (tertiary/aromatic N) is 1. The average Bonchev–Trinajstić information content (AvgIpc) is 2.61. The van der Waals surface area contributed by atoms with Gasteiger partial charge in [0, 0.05) is 24.2 Å². The SMILES string of the molecule is CN1C(=O)Cc2ccccc2/C=C\Cc2c1ccc1oc(=O)ccc21. The third-order valence-electron chi connectivity index (χ3n) is 4.64. The van der Waals surface area contributed by atoms with E-state index in [4.69, 9.17) is 4.42 Å². The maximum Gasteiger partial charge on any atom is 0.336 e. The number of rotatable bonds is 0. The Kier molecular flexibility index (Phi) is 3.73. The summed E-state index contributed by atoms with van der Waals surface area (Å²) in [4.78, 5) is 25.9. The molecule has 0 unspecified atom stereocenters. The Hall–Kier alpha value is -3.14. The molecule has 4 heteroatoms. The standard InChI is InChI=1S/C21H17NO3/c1-22-18-10-11-19-17(9-12-21(24)25-19)16(18)8-4-7-14-5-2-3-6-15(14)13-20(22)23/h2-7,9-12H,8,13H2,1H3/b7-4-. The second-order valence-electron chi connectivity index (χ2n) is 6.16. The molecule has 0 radical (unpaired) electrons. The molecule has 1 aliphatic rings. The largest absolute Gasteiger partial charge is 0.423 e. The predicted molar refractivity (Wildman–Crippen MR) is 98.8 cm³/mol. The summed E-state index contributed by atoms with van der Waals surface area (Å²) in [5.74, 6) is 0.0285. The Labute approximate surface area is 145 Å². The van der Waals surface area contributed by atoms with Crippen molar-refractivity contribution in [2.45, 2.75) is 12.8 Å². The fourth-order valence-electron chi connectivity index (χ4n) is 3.30. The minimum Gasteiger partial charge on any atom is -0.423 e. The van der Waals surface area contributed by atoms with Gasteiger partial charge in [0.2, 0.25) is 5.91 Å². The molecular formula is C21H17NO3. The number of hydrogen-bond donors (Lipinski definition) is 0. The fraction of sp³-hybridized carbons (Fsp3) is 0.143. The molecule has 124 valence electrons. The first-order valence-corrected chi connectivity index (χ1v) is 8.20. The van der Waals surface area contributed by atoms with Crippen LogP contribution in [0.1, 0.15) is 16.7 Å². The zero-order valence-electron chi connectivity index (χ0n) is 13.9. The van der Waals surface area contributed by atoms with Crippen LogP contribution in [0.2, 0.25) is 0 Å². The highest BCUT2D eigenvalue weighted by Gasteiger charge is 2.19. The molecule has 0 saturated carbocycles. The van der Waals surface area contributed by atoms with E-state index in [-0.39, 0.29) is 11.5 Å². The first kappa shape index (κ1) is 15.4. The van der Waals surface area contributed by atoms with Crippen molar-refractivity contribution in [2.24, 2.45) is 0 Å². The Morgan fingerprint density at radius 2 is 1.84 bits per heavy atom. The molecule has 25 heavy (non-hydrogen) atoms.